The highest BCUT2D eigenvalue weighted by atomic mass is 79.9. The molecule has 0 aliphatic carbocycles. The molecule has 24 heavy (non-hydrogen) atoms. The summed E-state index contributed by atoms with van der Waals surface area (Å²) in [6.45, 7) is 1.48. The smallest absolute Gasteiger partial charge is 0.229 e. The molecule has 126 valence electrons. The standard InChI is InChI=1S/C16H15Br2ClN4O/c17-11-3-4-13(12(18)8-11)20-16(24)10-2-1-7-23(9-10)15-6-5-14(19)21-22-15/h3-6,8,10H,1-2,7,9H2,(H,20,24)/t10-/m0/s1. The summed E-state index contributed by atoms with van der Waals surface area (Å²) in [5.41, 5.74) is 0.770. The molecule has 1 saturated heterocycles. The van der Waals surface area contributed by atoms with Gasteiger partial charge in [0.15, 0.2) is 11.0 Å². The average molecular weight is 475 g/mol. The third kappa shape index (κ3) is 4.26. The zero-order chi connectivity index (χ0) is 17.1. The Hall–Kier alpha value is -1.18. The molecule has 0 bridgehead atoms. The van der Waals surface area contributed by atoms with Crippen molar-refractivity contribution in [1.82, 2.24) is 10.2 Å². The van der Waals surface area contributed by atoms with E-state index in [1.807, 2.05) is 24.3 Å². The van der Waals surface area contributed by atoms with E-state index in [0.29, 0.717) is 11.7 Å². The number of rotatable bonds is 3. The van der Waals surface area contributed by atoms with Crippen LogP contribution in [0.4, 0.5) is 11.5 Å². The maximum absolute atomic E-state index is 12.6. The summed E-state index contributed by atoms with van der Waals surface area (Å²) in [6, 6.07) is 9.23. The van der Waals surface area contributed by atoms with E-state index in [-0.39, 0.29) is 11.8 Å². The third-order valence-corrected chi connectivity index (χ3v) is 5.27. The molecule has 1 aromatic heterocycles. The molecule has 1 atom stereocenters. The van der Waals surface area contributed by atoms with E-state index in [4.69, 9.17) is 11.6 Å². The van der Waals surface area contributed by atoms with Crippen LogP contribution in [-0.2, 0) is 4.79 Å². The summed E-state index contributed by atoms with van der Waals surface area (Å²) < 4.78 is 1.80. The summed E-state index contributed by atoms with van der Waals surface area (Å²) in [5, 5.41) is 11.3. The first-order valence-corrected chi connectivity index (χ1v) is 9.49. The van der Waals surface area contributed by atoms with Gasteiger partial charge in [-0.15, -0.1) is 10.2 Å². The molecule has 2 aromatic rings. The van der Waals surface area contributed by atoms with Crippen molar-refractivity contribution in [3.63, 3.8) is 0 Å². The molecule has 0 spiro atoms. The van der Waals surface area contributed by atoms with Crippen LogP contribution < -0.4 is 10.2 Å². The monoisotopic (exact) mass is 472 g/mol. The van der Waals surface area contributed by atoms with Crippen LogP contribution >= 0.6 is 43.5 Å². The Balaban J connectivity index is 1.67. The first-order chi connectivity index (χ1) is 11.5. The van der Waals surface area contributed by atoms with E-state index in [2.05, 4.69) is 52.3 Å². The van der Waals surface area contributed by atoms with Crippen molar-refractivity contribution in [2.75, 3.05) is 23.3 Å². The summed E-state index contributed by atoms with van der Waals surface area (Å²) in [5.74, 6) is 0.679. The van der Waals surface area contributed by atoms with Crippen molar-refractivity contribution in [1.29, 1.82) is 0 Å². The van der Waals surface area contributed by atoms with Crippen LogP contribution in [0.5, 0.6) is 0 Å². The Morgan fingerprint density at radius 2 is 2.08 bits per heavy atom. The van der Waals surface area contributed by atoms with Gasteiger partial charge in [0.1, 0.15) is 0 Å². The van der Waals surface area contributed by atoms with Gasteiger partial charge in [-0.25, -0.2) is 0 Å². The fourth-order valence-electron chi connectivity index (χ4n) is 2.70. The number of hydrogen-bond acceptors (Lipinski definition) is 4. The first-order valence-electron chi connectivity index (χ1n) is 7.53. The number of piperidine rings is 1. The highest BCUT2D eigenvalue weighted by Crippen LogP contribution is 2.28. The molecular weight excluding hydrogens is 459 g/mol. The molecule has 0 saturated carbocycles. The molecule has 0 radical (unpaired) electrons. The van der Waals surface area contributed by atoms with E-state index in [1.165, 1.54) is 0 Å². The van der Waals surface area contributed by atoms with Crippen LogP contribution in [0.3, 0.4) is 0 Å². The van der Waals surface area contributed by atoms with Gasteiger partial charge in [0.2, 0.25) is 5.91 Å². The summed E-state index contributed by atoms with van der Waals surface area (Å²) in [4.78, 5) is 14.7. The van der Waals surface area contributed by atoms with Crippen LogP contribution in [0.1, 0.15) is 12.8 Å². The van der Waals surface area contributed by atoms with Crippen molar-refractivity contribution in [3.05, 3.63) is 44.4 Å². The number of anilines is 2. The SMILES string of the molecule is O=C(Nc1ccc(Br)cc1Br)[C@H]1CCCN(c2ccc(Cl)nn2)C1. The fourth-order valence-corrected chi connectivity index (χ4v) is 3.95. The van der Waals surface area contributed by atoms with Crippen molar-refractivity contribution in [2.45, 2.75) is 12.8 Å². The van der Waals surface area contributed by atoms with E-state index < -0.39 is 0 Å². The lowest BCUT2D eigenvalue weighted by atomic mass is 9.97. The highest BCUT2D eigenvalue weighted by Gasteiger charge is 2.27. The topological polar surface area (TPSA) is 58.1 Å². The Morgan fingerprint density at radius 1 is 1.25 bits per heavy atom. The number of carbonyl (C=O) groups excluding carboxylic acids is 1. The van der Waals surface area contributed by atoms with Crippen LogP contribution in [0, 0.1) is 5.92 Å². The van der Waals surface area contributed by atoms with Crippen LogP contribution in [-0.4, -0.2) is 29.2 Å². The highest BCUT2D eigenvalue weighted by molar-refractivity contribution is 9.11. The van der Waals surface area contributed by atoms with Crippen molar-refractivity contribution >= 4 is 60.9 Å². The van der Waals surface area contributed by atoms with Crippen LogP contribution in [0.2, 0.25) is 5.15 Å². The number of nitrogens with zero attached hydrogens (tertiary/aromatic N) is 3. The second kappa shape index (κ2) is 7.80. The molecule has 1 aromatic carbocycles. The summed E-state index contributed by atoms with van der Waals surface area (Å²) >= 11 is 12.7. The molecule has 5 nitrogen and oxygen atoms in total. The Labute approximate surface area is 162 Å². The van der Waals surface area contributed by atoms with E-state index >= 15 is 0 Å². The lowest BCUT2D eigenvalue weighted by Crippen LogP contribution is -2.41. The van der Waals surface area contributed by atoms with Gasteiger partial charge >= 0.3 is 0 Å². The minimum atomic E-state index is -0.0909. The molecule has 0 unspecified atom stereocenters. The van der Waals surface area contributed by atoms with Gasteiger partial charge in [-0.1, -0.05) is 27.5 Å². The quantitative estimate of drug-likeness (QED) is 0.711. The van der Waals surface area contributed by atoms with Gasteiger partial charge in [0.25, 0.3) is 0 Å². The zero-order valence-electron chi connectivity index (χ0n) is 12.7. The summed E-state index contributed by atoms with van der Waals surface area (Å²) in [6.07, 6.45) is 1.79. The zero-order valence-corrected chi connectivity index (χ0v) is 16.6. The number of carbonyl (C=O) groups is 1. The lowest BCUT2D eigenvalue weighted by molar-refractivity contribution is -0.120. The number of hydrogen-bond donors (Lipinski definition) is 1. The van der Waals surface area contributed by atoms with Crippen LogP contribution in [0.25, 0.3) is 0 Å². The second-order valence-electron chi connectivity index (χ2n) is 5.61. The Kier molecular flexibility index (Phi) is 5.73. The molecule has 2 heterocycles. The fraction of sp³-hybridized carbons (Fsp3) is 0.312. The molecule has 3 rings (SSSR count). The van der Waals surface area contributed by atoms with Gasteiger partial charge < -0.3 is 10.2 Å². The van der Waals surface area contributed by atoms with Crippen molar-refractivity contribution in [3.8, 4) is 0 Å². The maximum Gasteiger partial charge on any atom is 0.229 e. The maximum atomic E-state index is 12.6. The molecule has 1 aliphatic heterocycles. The van der Waals surface area contributed by atoms with Crippen molar-refractivity contribution in [2.24, 2.45) is 5.92 Å². The number of amides is 1. The van der Waals surface area contributed by atoms with Crippen molar-refractivity contribution < 1.29 is 4.79 Å². The predicted octanol–water partition coefficient (Wildman–Crippen LogP) is 4.51. The van der Waals surface area contributed by atoms with Gasteiger partial charge in [0, 0.05) is 22.0 Å². The number of nitrogens with one attached hydrogen (secondary N) is 1. The van der Waals surface area contributed by atoms with E-state index in [1.54, 1.807) is 6.07 Å². The van der Waals surface area contributed by atoms with E-state index in [0.717, 1.165) is 39.8 Å². The van der Waals surface area contributed by atoms with Gasteiger partial charge in [-0.2, -0.15) is 0 Å². The molecule has 1 aliphatic rings. The van der Waals surface area contributed by atoms with Gasteiger partial charge in [0.05, 0.1) is 11.6 Å². The first kappa shape index (κ1) is 17.6. The summed E-state index contributed by atoms with van der Waals surface area (Å²) in [7, 11) is 0. The largest absolute Gasteiger partial charge is 0.354 e. The molecule has 1 fully saturated rings. The minimum Gasteiger partial charge on any atom is -0.354 e. The predicted molar refractivity (Wildman–Crippen MR) is 102 cm³/mol. The van der Waals surface area contributed by atoms with E-state index in [9.17, 15) is 4.79 Å². The molecule has 8 heteroatoms. The third-order valence-electron chi connectivity index (χ3n) is 3.92. The lowest BCUT2D eigenvalue weighted by Gasteiger charge is -2.32. The minimum absolute atomic E-state index is 0.0182. The van der Waals surface area contributed by atoms with Crippen LogP contribution in [0.15, 0.2) is 39.3 Å². The Bertz CT molecular complexity index is 741. The van der Waals surface area contributed by atoms with Gasteiger partial charge in [-0.3, -0.25) is 4.79 Å². The Morgan fingerprint density at radius 3 is 2.79 bits per heavy atom. The molecule has 1 N–H and O–H groups in total. The van der Waals surface area contributed by atoms with Gasteiger partial charge in [-0.05, 0) is 59.1 Å². The average Bonchev–Trinajstić information content (AvgIpc) is 2.58. The molecular formula is C16H15Br2ClN4O. The normalized spacial score (nSPS) is 17.6. The second-order valence-corrected chi connectivity index (χ2v) is 7.77. The number of benzene rings is 1. The number of aromatic nitrogens is 2. The molecule has 1 amide bonds. The number of halogens is 3.